The van der Waals surface area contributed by atoms with Crippen LogP contribution in [0.25, 0.3) is 5.69 Å². The van der Waals surface area contributed by atoms with E-state index in [2.05, 4.69) is 31.1 Å². The van der Waals surface area contributed by atoms with Gasteiger partial charge in [0, 0.05) is 17.7 Å². The van der Waals surface area contributed by atoms with Gasteiger partial charge in [-0.25, -0.2) is 14.5 Å². The van der Waals surface area contributed by atoms with Crippen LogP contribution >= 0.6 is 0 Å². The number of para-hydroxylation sites is 1. The number of rotatable bonds is 7. The molecule has 0 bridgehead atoms. The van der Waals surface area contributed by atoms with Crippen LogP contribution in [0, 0.1) is 6.92 Å². The van der Waals surface area contributed by atoms with Gasteiger partial charge in [0.2, 0.25) is 0 Å². The summed E-state index contributed by atoms with van der Waals surface area (Å²) in [5.74, 6) is 0.510. The van der Waals surface area contributed by atoms with Crippen LogP contribution in [0.4, 0.5) is 11.6 Å². The Kier molecular flexibility index (Phi) is 5.59. The van der Waals surface area contributed by atoms with Crippen molar-refractivity contribution in [2.75, 3.05) is 12.4 Å². The van der Waals surface area contributed by atoms with E-state index >= 15 is 0 Å². The fourth-order valence-electron chi connectivity index (χ4n) is 3.02. The first-order valence-electron chi connectivity index (χ1n) is 9.48. The molecular weight excluding hydrogens is 368 g/mol. The highest BCUT2D eigenvalue weighted by atomic mass is 16.5. The Bertz CT molecular complexity index is 1040. The molecule has 2 N–H and O–H groups in total. The molecule has 3 aromatic rings. The first kappa shape index (κ1) is 20.4. The van der Waals surface area contributed by atoms with Crippen molar-refractivity contribution in [3.8, 4) is 11.4 Å². The molecule has 0 radical (unpaired) electrons. The van der Waals surface area contributed by atoms with Crippen molar-refractivity contribution in [2.45, 2.75) is 39.5 Å². The monoisotopic (exact) mass is 394 g/mol. The lowest BCUT2D eigenvalue weighted by Gasteiger charge is -2.19. The second kappa shape index (κ2) is 7.95. The zero-order valence-corrected chi connectivity index (χ0v) is 17.4. The molecule has 7 heteroatoms. The summed E-state index contributed by atoms with van der Waals surface area (Å²) in [6.07, 6.45) is 2.46. The Labute approximate surface area is 170 Å². The molecule has 0 saturated carbocycles. The maximum absolute atomic E-state index is 11.6. The Morgan fingerprint density at radius 1 is 1.28 bits per heavy atom. The van der Waals surface area contributed by atoms with Crippen LogP contribution in [0.5, 0.6) is 5.75 Å². The number of aromatic nitrogens is 3. The molecule has 2 heterocycles. The number of carbonyl (C=O) groups is 1. The molecule has 3 rings (SSSR count). The first-order valence-corrected chi connectivity index (χ1v) is 9.48. The fraction of sp³-hybridized carbons (Fsp3) is 0.318. The average molecular weight is 394 g/mol. The quantitative estimate of drug-likeness (QED) is 0.603. The van der Waals surface area contributed by atoms with Crippen LogP contribution in [-0.4, -0.2) is 33.0 Å². The lowest BCUT2D eigenvalue weighted by molar-refractivity contribution is 0.0697. The highest BCUT2D eigenvalue weighted by molar-refractivity contribution is 5.93. The molecule has 0 saturated heterocycles. The molecule has 7 nitrogen and oxygen atoms in total. The van der Waals surface area contributed by atoms with Crippen molar-refractivity contribution in [2.24, 2.45) is 0 Å². The van der Waals surface area contributed by atoms with E-state index in [1.165, 1.54) is 6.07 Å². The van der Waals surface area contributed by atoms with Crippen molar-refractivity contribution < 1.29 is 14.6 Å². The Balaban J connectivity index is 2.21. The van der Waals surface area contributed by atoms with Gasteiger partial charge in [-0.2, -0.15) is 5.10 Å². The SMILES string of the molecule is CCC(C)(C)c1cc(Nc2ncccc2C(=O)O)n(-c2c(C)cccc2OC)n1. The molecule has 1 aromatic carbocycles. The molecule has 0 spiro atoms. The predicted molar refractivity (Wildman–Crippen MR) is 113 cm³/mol. The van der Waals surface area contributed by atoms with E-state index in [9.17, 15) is 9.90 Å². The third-order valence-corrected chi connectivity index (χ3v) is 5.20. The smallest absolute Gasteiger partial charge is 0.339 e. The zero-order chi connectivity index (χ0) is 21.2. The number of pyridine rings is 1. The van der Waals surface area contributed by atoms with Crippen LogP contribution in [0.2, 0.25) is 0 Å². The summed E-state index contributed by atoms with van der Waals surface area (Å²) >= 11 is 0. The molecule has 0 unspecified atom stereocenters. The van der Waals surface area contributed by atoms with E-state index in [1.807, 2.05) is 31.2 Å². The third kappa shape index (κ3) is 3.94. The number of carboxylic acids is 1. The number of nitrogens with one attached hydrogen (secondary N) is 1. The van der Waals surface area contributed by atoms with Crippen LogP contribution in [0.3, 0.4) is 0 Å². The Morgan fingerprint density at radius 2 is 2.03 bits per heavy atom. The topological polar surface area (TPSA) is 89.3 Å². The number of carboxylic acid groups (broad SMARTS) is 1. The maximum atomic E-state index is 11.6. The molecule has 152 valence electrons. The number of aryl methyl sites for hydroxylation is 1. The third-order valence-electron chi connectivity index (χ3n) is 5.20. The lowest BCUT2D eigenvalue weighted by Crippen LogP contribution is -2.17. The lowest BCUT2D eigenvalue weighted by atomic mass is 9.87. The summed E-state index contributed by atoms with van der Waals surface area (Å²) in [6, 6.07) is 10.8. The largest absolute Gasteiger partial charge is 0.494 e. The fourth-order valence-corrected chi connectivity index (χ4v) is 3.02. The number of methoxy groups -OCH3 is 1. The molecule has 0 fully saturated rings. The van der Waals surface area contributed by atoms with Gasteiger partial charge in [-0.3, -0.25) is 0 Å². The van der Waals surface area contributed by atoms with Crippen molar-refractivity contribution in [3.05, 3.63) is 59.4 Å². The Morgan fingerprint density at radius 3 is 2.69 bits per heavy atom. The minimum atomic E-state index is -1.05. The minimum Gasteiger partial charge on any atom is -0.494 e. The summed E-state index contributed by atoms with van der Waals surface area (Å²) in [5.41, 5.74) is 2.60. The Hall–Kier alpha value is -3.35. The summed E-state index contributed by atoms with van der Waals surface area (Å²) in [4.78, 5) is 15.8. The molecule has 0 aliphatic carbocycles. The molecular formula is C22H26N4O3. The van der Waals surface area contributed by atoms with Crippen LogP contribution in [-0.2, 0) is 5.41 Å². The van der Waals surface area contributed by atoms with E-state index in [0.29, 0.717) is 11.6 Å². The molecule has 0 aliphatic heterocycles. The van der Waals surface area contributed by atoms with E-state index in [4.69, 9.17) is 9.84 Å². The second-order valence-corrected chi connectivity index (χ2v) is 7.52. The summed E-state index contributed by atoms with van der Waals surface area (Å²) in [5, 5.41) is 17.5. The molecule has 2 aromatic heterocycles. The van der Waals surface area contributed by atoms with Crippen LogP contribution < -0.4 is 10.1 Å². The van der Waals surface area contributed by atoms with Gasteiger partial charge >= 0.3 is 5.97 Å². The van der Waals surface area contributed by atoms with Crippen molar-refractivity contribution in [1.29, 1.82) is 0 Å². The number of aromatic carboxylic acids is 1. The maximum Gasteiger partial charge on any atom is 0.339 e. The highest BCUT2D eigenvalue weighted by Gasteiger charge is 2.26. The van der Waals surface area contributed by atoms with Crippen molar-refractivity contribution in [3.63, 3.8) is 0 Å². The number of hydrogen-bond acceptors (Lipinski definition) is 5. The predicted octanol–water partition coefficient (Wildman–Crippen LogP) is 4.71. The van der Waals surface area contributed by atoms with Gasteiger partial charge in [-0.05, 0) is 37.1 Å². The average Bonchev–Trinajstić information content (AvgIpc) is 3.12. The van der Waals surface area contributed by atoms with E-state index < -0.39 is 5.97 Å². The highest BCUT2D eigenvalue weighted by Crippen LogP contribution is 2.34. The van der Waals surface area contributed by atoms with Gasteiger partial charge < -0.3 is 15.2 Å². The molecule has 0 atom stereocenters. The van der Waals surface area contributed by atoms with Crippen molar-refractivity contribution >= 4 is 17.6 Å². The number of nitrogens with zero attached hydrogens (tertiary/aromatic N) is 3. The van der Waals surface area contributed by atoms with Gasteiger partial charge in [0.05, 0.1) is 12.8 Å². The minimum absolute atomic E-state index is 0.0910. The zero-order valence-electron chi connectivity index (χ0n) is 17.4. The molecule has 0 aliphatic rings. The summed E-state index contributed by atoms with van der Waals surface area (Å²) in [6.45, 7) is 8.35. The van der Waals surface area contributed by atoms with E-state index in [-0.39, 0.29) is 16.8 Å². The van der Waals surface area contributed by atoms with Gasteiger partial charge in [-0.1, -0.05) is 32.9 Å². The van der Waals surface area contributed by atoms with E-state index in [1.54, 1.807) is 24.1 Å². The molecule has 29 heavy (non-hydrogen) atoms. The standard InChI is InChI=1S/C22H26N4O3/c1-6-22(3,4)17-13-18(24-20-15(21(27)28)10-8-12-23-20)26(25-17)19-14(2)9-7-11-16(19)29-5/h7-13H,6H2,1-5H3,(H,23,24)(H,27,28). The first-order chi connectivity index (χ1) is 13.8. The second-order valence-electron chi connectivity index (χ2n) is 7.52. The number of benzene rings is 1. The van der Waals surface area contributed by atoms with Crippen molar-refractivity contribution in [1.82, 2.24) is 14.8 Å². The normalized spacial score (nSPS) is 11.3. The number of anilines is 2. The van der Waals surface area contributed by atoms with Gasteiger partial charge in [0.25, 0.3) is 0 Å². The van der Waals surface area contributed by atoms with Gasteiger partial charge in [0.1, 0.15) is 28.6 Å². The van der Waals surface area contributed by atoms with E-state index in [0.717, 1.165) is 23.4 Å². The van der Waals surface area contributed by atoms with Gasteiger partial charge in [0.15, 0.2) is 0 Å². The number of ether oxygens (including phenoxy) is 1. The van der Waals surface area contributed by atoms with Crippen LogP contribution in [0.15, 0.2) is 42.6 Å². The summed E-state index contributed by atoms with van der Waals surface area (Å²) < 4.78 is 7.34. The summed E-state index contributed by atoms with van der Waals surface area (Å²) in [7, 11) is 1.62. The molecule has 0 amide bonds. The van der Waals surface area contributed by atoms with Crippen LogP contribution in [0.1, 0.15) is 48.8 Å². The number of hydrogen-bond donors (Lipinski definition) is 2. The van der Waals surface area contributed by atoms with Gasteiger partial charge in [-0.15, -0.1) is 0 Å².